The number of halogens is 1. The zero-order valence-electron chi connectivity index (χ0n) is 11.8. The Balaban J connectivity index is 2.53. The van der Waals surface area contributed by atoms with Crippen molar-refractivity contribution in [3.8, 4) is 11.1 Å². The molecule has 0 amide bonds. The van der Waals surface area contributed by atoms with Crippen LogP contribution in [-0.2, 0) is 6.54 Å². The van der Waals surface area contributed by atoms with Crippen molar-refractivity contribution < 1.29 is 4.39 Å². The first kappa shape index (κ1) is 13.8. The highest BCUT2D eigenvalue weighted by atomic mass is 19.1. The Morgan fingerprint density at radius 1 is 1.05 bits per heavy atom. The molecule has 0 atom stereocenters. The lowest BCUT2D eigenvalue weighted by Crippen LogP contribution is -2.12. The summed E-state index contributed by atoms with van der Waals surface area (Å²) in [5.41, 5.74) is 5.69. The first-order valence-corrected chi connectivity index (χ1v) is 6.69. The summed E-state index contributed by atoms with van der Waals surface area (Å²) in [7, 11) is 0. The van der Waals surface area contributed by atoms with Gasteiger partial charge in [0.05, 0.1) is 0 Å². The third-order valence-corrected chi connectivity index (χ3v) is 3.53. The summed E-state index contributed by atoms with van der Waals surface area (Å²) >= 11 is 0. The van der Waals surface area contributed by atoms with Crippen molar-refractivity contribution in [2.75, 3.05) is 6.54 Å². The van der Waals surface area contributed by atoms with E-state index < -0.39 is 0 Å². The van der Waals surface area contributed by atoms with E-state index in [1.807, 2.05) is 12.1 Å². The van der Waals surface area contributed by atoms with E-state index in [1.165, 1.54) is 17.2 Å². The molecule has 0 aliphatic rings. The fraction of sp³-hybridized carbons (Fsp3) is 0.294. The Kier molecular flexibility index (Phi) is 4.33. The maximum atomic E-state index is 13.6. The van der Waals surface area contributed by atoms with E-state index in [1.54, 1.807) is 6.07 Å². The number of hydrogen-bond acceptors (Lipinski definition) is 1. The van der Waals surface area contributed by atoms with Crippen molar-refractivity contribution in [3.05, 3.63) is 58.9 Å². The molecule has 2 heteroatoms. The van der Waals surface area contributed by atoms with Gasteiger partial charge in [0, 0.05) is 6.54 Å². The Morgan fingerprint density at radius 2 is 1.84 bits per heavy atom. The molecule has 2 aromatic carbocycles. The molecular weight excluding hydrogens is 237 g/mol. The highest BCUT2D eigenvalue weighted by Crippen LogP contribution is 2.29. The van der Waals surface area contributed by atoms with Gasteiger partial charge in [0.1, 0.15) is 5.82 Å². The van der Waals surface area contributed by atoms with Crippen LogP contribution in [0.1, 0.15) is 23.6 Å². The van der Waals surface area contributed by atoms with Gasteiger partial charge in [-0.25, -0.2) is 4.39 Å². The molecule has 2 rings (SSSR count). The Labute approximate surface area is 114 Å². The molecule has 1 nitrogen and oxygen atoms in total. The van der Waals surface area contributed by atoms with Gasteiger partial charge in [-0.3, -0.25) is 0 Å². The molecule has 1 N–H and O–H groups in total. The van der Waals surface area contributed by atoms with Gasteiger partial charge in [-0.05, 0) is 60.3 Å². The number of hydrogen-bond donors (Lipinski definition) is 1. The highest BCUT2D eigenvalue weighted by molar-refractivity contribution is 5.71. The summed E-state index contributed by atoms with van der Waals surface area (Å²) < 4.78 is 13.6. The summed E-state index contributed by atoms with van der Waals surface area (Å²) in [5, 5.41) is 3.31. The van der Waals surface area contributed by atoms with Crippen molar-refractivity contribution >= 4 is 0 Å². The molecule has 0 unspecified atom stereocenters. The van der Waals surface area contributed by atoms with Crippen LogP contribution in [0.25, 0.3) is 11.1 Å². The normalized spacial score (nSPS) is 10.7. The number of benzene rings is 2. The second-order valence-corrected chi connectivity index (χ2v) is 4.83. The zero-order chi connectivity index (χ0) is 13.8. The minimum Gasteiger partial charge on any atom is -0.313 e. The maximum Gasteiger partial charge on any atom is 0.123 e. The van der Waals surface area contributed by atoms with Crippen LogP contribution in [0.2, 0.25) is 0 Å². The molecular formula is C17H20FN. The molecule has 0 bridgehead atoms. The van der Waals surface area contributed by atoms with Gasteiger partial charge in [-0.1, -0.05) is 31.2 Å². The molecule has 2 aromatic rings. The van der Waals surface area contributed by atoms with Crippen LogP contribution in [0.4, 0.5) is 4.39 Å². The molecule has 0 saturated carbocycles. The van der Waals surface area contributed by atoms with Gasteiger partial charge in [-0.15, -0.1) is 0 Å². The van der Waals surface area contributed by atoms with Crippen molar-refractivity contribution in [1.82, 2.24) is 5.32 Å². The molecule has 0 aromatic heterocycles. The first-order chi connectivity index (χ1) is 9.13. The second-order valence-electron chi connectivity index (χ2n) is 4.83. The van der Waals surface area contributed by atoms with Crippen molar-refractivity contribution in [2.45, 2.75) is 27.3 Å². The fourth-order valence-electron chi connectivity index (χ4n) is 2.26. The lowest BCUT2D eigenvalue weighted by Gasteiger charge is -2.14. The molecule has 0 aliphatic heterocycles. The van der Waals surface area contributed by atoms with E-state index in [-0.39, 0.29) is 5.82 Å². The number of nitrogens with one attached hydrogen (secondary N) is 1. The minimum absolute atomic E-state index is 0.184. The van der Waals surface area contributed by atoms with Crippen molar-refractivity contribution in [3.63, 3.8) is 0 Å². The summed E-state index contributed by atoms with van der Waals surface area (Å²) in [5.74, 6) is -0.184. The van der Waals surface area contributed by atoms with Crippen LogP contribution in [0, 0.1) is 19.7 Å². The van der Waals surface area contributed by atoms with E-state index in [4.69, 9.17) is 0 Å². The van der Waals surface area contributed by atoms with Gasteiger partial charge in [0.15, 0.2) is 0 Å². The molecule has 0 spiro atoms. The Morgan fingerprint density at radius 3 is 2.58 bits per heavy atom. The highest BCUT2D eigenvalue weighted by Gasteiger charge is 2.09. The van der Waals surface area contributed by atoms with Crippen LogP contribution in [-0.4, -0.2) is 6.54 Å². The monoisotopic (exact) mass is 257 g/mol. The lowest BCUT2D eigenvalue weighted by atomic mass is 9.93. The predicted molar refractivity (Wildman–Crippen MR) is 78.7 cm³/mol. The molecule has 0 heterocycles. The van der Waals surface area contributed by atoms with Crippen LogP contribution in [0.15, 0.2) is 36.4 Å². The maximum absolute atomic E-state index is 13.6. The Bertz CT molecular complexity index is 575. The number of rotatable bonds is 4. The van der Waals surface area contributed by atoms with Gasteiger partial charge >= 0.3 is 0 Å². The van der Waals surface area contributed by atoms with Gasteiger partial charge in [0.2, 0.25) is 0 Å². The van der Waals surface area contributed by atoms with Crippen LogP contribution in [0.3, 0.4) is 0 Å². The Hall–Kier alpha value is -1.67. The summed E-state index contributed by atoms with van der Waals surface area (Å²) in [4.78, 5) is 0. The summed E-state index contributed by atoms with van der Waals surface area (Å²) in [6.07, 6.45) is 0. The SMILES string of the molecule is CCNCc1ccc(F)cc1-c1cccc(C)c1C. The minimum atomic E-state index is -0.184. The van der Waals surface area contributed by atoms with Crippen LogP contribution >= 0.6 is 0 Å². The molecule has 100 valence electrons. The van der Waals surface area contributed by atoms with Crippen molar-refractivity contribution in [2.24, 2.45) is 0 Å². The van der Waals surface area contributed by atoms with E-state index in [0.717, 1.165) is 29.8 Å². The molecule has 0 radical (unpaired) electrons. The predicted octanol–water partition coefficient (Wildman–Crippen LogP) is 4.22. The standard InChI is InChI=1S/C17H20FN/c1-4-19-11-14-8-9-15(18)10-17(14)16-7-5-6-12(2)13(16)3/h5-10,19H,4,11H2,1-3H3. The third-order valence-electron chi connectivity index (χ3n) is 3.53. The van der Waals surface area contributed by atoms with Crippen LogP contribution < -0.4 is 5.32 Å². The van der Waals surface area contributed by atoms with Crippen molar-refractivity contribution in [1.29, 1.82) is 0 Å². The summed E-state index contributed by atoms with van der Waals surface area (Å²) in [6.45, 7) is 7.92. The molecule has 19 heavy (non-hydrogen) atoms. The zero-order valence-corrected chi connectivity index (χ0v) is 11.8. The van der Waals surface area contributed by atoms with Crippen LogP contribution in [0.5, 0.6) is 0 Å². The smallest absolute Gasteiger partial charge is 0.123 e. The topological polar surface area (TPSA) is 12.0 Å². The van der Waals surface area contributed by atoms with E-state index in [2.05, 4.69) is 38.2 Å². The molecule has 0 saturated heterocycles. The fourth-order valence-corrected chi connectivity index (χ4v) is 2.26. The first-order valence-electron chi connectivity index (χ1n) is 6.69. The number of aryl methyl sites for hydroxylation is 1. The lowest BCUT2D eigenvalue weighted by molar-refractivity contribution is 0.626. The quantitative estimate of drug-likeness (QED) is 0.864. The van der Waals surface area contributed by atoms with E-state index in [9.17, 15) is 4.39 Å². The van der Waals surface area contributed by atoms with Gasteiger partial charge in [-0.2, -0.15) is 0 Å². The van der Waals surface area contributed by atoms with Gasteiger partial charge in [0.25, 0.3) is 0 Å². The third kappa shape index (κ3) is 3.02. The van der Waals surface area contributed by atoms with Gasteiger partial charge < -0.3 is 5.32 Å². The average Bonchev–Trinajstić information content (AvgIpc) is 2.40. The average molecular weight is 257 g/mol. The largest absolute Gasteiger partial charge is 0.313 e. The second kappa shape index (κ2) is 5.98. The summed E-state index contributed by atoms with van der Waals surface area (Å²) in [6, 6.07) is 11.2. The van der Waals surface area contributed by atoms with E-state index >= 15 is 0 Å². The molecule has 0 fully saturated rings. The molecule has 0 aliphatic carbocycles. The van der Waals surface area contributed by atoms with E-state index in [0.29, 0.717) is 0 Å².